The lowest BCUT2D eigenvalue weighted by atomic mass is 10.1. The number of rotatable bonds is 10. The van der Waals surface area contributed by atoms with Crippen LogP contribution in [0.25, 0.3) is 0 Å². The van der Waals surface area contributed by atoms with E-state index in [9.17, 15) is 9.59 Å². The highest BCUT2D eigenvalue weighted by molar-refractivity contribution is 5.94. The van der Waals surface area contributed by atoms with E-state index in [1.165, 1.54) is 0 Å². The molecule has 0 aromatic heterocycles. The van der Waals surface area contributed by atoms with Crippen LogP contribution in [0.4, 0.5) is 0 Å². The second kappa shape index (κ2) is 11.1. The Kier molecular flexibility index (Phi) is 8.52. The molecule has 2 atom stereocenters. The Labute approximate surface area is 161 Å². The van der Waals surface area contributed by atoms with Crippen molar-refractivity contribution in [1.29, 1.82) is 0 Å². The maximum atomic E-state index is 12.1. The van der Waals surface area contributed by atoms with Gasteiger partial charge in [0.05, 0.1) is 6.10 Å². The SMILES string of the molecule is CC(CC(=O)NCCCOC(C)c1ccccc1)NC(=O)c1ccccc1. The number of hydrogen-bond acceptors (Lipinski definition) is 3. The van der Waals surface area contributed by atoms with E-state index in [0.717, 1.165) is 12.0 Å². The second-order valence-corrected chi connectivity index (χ2v) is 6.57. The normalized spacial score (nSPS) is 12.8. The Morgan fingerprint density at radius 1 is 0.963 bits per heavy atom. The molecule has 5 heteroatoms. The van der Waals surface area contributed by atoms with Crippen molar-refractivity contribution in [3.63, 3.8) is 0 Å². The van der Waals surface area contributed by atoms with Gasteiger partial charge in [0.2, 0.25) is 5.91 Å². The molecule has 0 heterocycles. The molecule has 2 rings (SSSR count). The first-order chi connectivity index (χ1) is 13.1. The van der Waals surface area contributed by atoms with Crippen LogP contribution in [0.15, 0.2) is 60.7 Å². The molecular weight excluding hydrogens is 340 g/mol. The lowest BCUT2D eigenvalue weighted by Gasteiger charge is -2.15. The Balaban J connectivity index is 1.58. The van der Waals surface area contributed by atoms with Crippen LogP contribution in [0, 0.1) is 0 Å². The average Bonchev–Trinajstić information content (AvgIpc) is 2.68. The largest absolute Gasteiger partial charge is 0.374 e. The molecule has 0 radical (unpaired) electrons. The van der Waals surface area contributed by atoms with E-state index in [1.807, 2.05) is 62.4 Å². The van der Waals surface area contributed by atoms with Gasteiger partial charge >= 0.3 is 0 Å². The van der Waals surface area contributed by atoms with Crippen molar-refractivity contribution in [1.82, 2.24) is 10.6 Å². The zero-order valence-corrected chi connectivity index (χ0v) is 16.0. The molecule has 0 saturated heterocycles. The fourth-order valence-electron chi connectivity index (χ4n) is 2.68. The maximum Gasteiger partial charge on any atom is 0.251 e. The van der Waals surface area contributed by atoms with E-state index in [1.54, 1.807) is 12.1 Å². The Bertz CT molecular complexity index is 704. The monoisotopic (exact) mass is 368 g/mol. The molecular formula is C22H28N2O3. The van der Waals surface area contributed by atoms with Gasteiger partial charge in [0, 0.05) is 31.2 Å². The van der Waals surface area contributed by atoms with Gasteiger partial charge in [0.15, 0.2) is 0 Å². The first-order valence-electron chi connectivity index (χ1n) is 9.35. The van der Waals surface area contributed by atoms with Gasteiger partial charge in [-0.2, -0.15) is 0 Å². The van der Waals surface area contributed by atoms with E-state index in [2.05, 4.69) is 10.6 Å². The number of carbonyl (C=O) groups excluding carboxylic acids is 2. The van der Waals surface area contributed by atoms with E-state index in [0.29, 0.717) is 18.7 Å². The number of ether oxygens (including phenoxy) is 1. The molecule has 0 bridgehead atoms. The van der Waals surface area contributed by atoms with Gasteiger partial charge in [-0.15, -0.1) is 0 Å². The summed E-state index contributed by atoms with van der Waals surface area (Å²) >= 11 is 0. The molecule has 0 spiro atoms. The molecule has 0 aliphatic heterocycles. The quantitative estimate of drug-likeness (QED) is 0.631. The highest BCUT2D eigenvalue weighted by Crippen LogP contribution is 2.15. The maximum absolute atomic E-state index is 12.1. The predicted molar refractivity (Wildman–Crippen MR) is 106 cm³/mol. The third-order valence-corrected chi connectivity index (χ3v) is 4.19. The number of amides is 2. The molecule has 2 aromatic rings. The van der Waals surface area contributed by atoms with Crippen LogP contribution >= 0.6 is 0 Å². The van der Waals surface area contributed by atoms with E-state index >= 15 is 0 Å². The van der Waals surface area contributed by atoms with Crippen molar-refractivity contribution in [2.75, 3.05) is 13.2 Å². The van der Waals surface area contributed by atoms with Crippen LogP contribution in [0.2, 0.25) is 0 Å². The summed E-state index contributed by atoms with van der Waals surface area (Å²) in [5.41, 5.74) is 1.74. The van der Waals surface area contributed by atoms with Crippen molar-refractivity contribution >= 4 is 11.8 Å². The summed E-state index contributed by atoms with van der Waals surface area (Å²) in [6.07, 6.45) is 1.03. The van der Waals surface area contributed by atoms with E-state index in [4.69, 9.17) is 4.74 Å². The van der Waals surface area contributed by atoms with Gasteiger partial charge in [-0.3, -0.25) is 9.59 Å². The van der Waals surface area contributed by atoms with Crippen molar-refractivity contribution in [2.24, 2.45) is 0 Å². The minimum Gasteiger partial charge on any atom is -0.374 e. The van der Waals surface area contributed by atoms with Crippen LogP contribution in [0.1, 0.15) is 48.7 Å². The summed E-state index contributed by atoms with van der Waals surface area (Å²) in [6, 6.07) is 18.8. The van der Waals surface area contributed by atoms with Crippen molar-refractivity contribution in [3.8, 4) is 0 Å². The Hall–Kier alpha value is -2.66. The van der Waals surface area contributed by atoms with Gasteiger partial charge in [-0.1, -0.05) is 48.5 Å². The van der Waals surface area contributed by atoms with Crippen molar-refractivity contribution in [3.05, 3.63) is 71.8 Å². The summed E-state index contributed by atoms with van der Waals surface area (Å²) in [7, 11) is 0. The number of carbonyl (C=O) groups is 2. The summed E-state index contributed by atoms with van der Waals surface area (Å²) in [5.74, 6) is -0.244. The number of benzene rings is 2. The molecule has 2 unspecified atom stereocenters. The molecule has 0 aliphatic carbocycles. The van der Waals surface area contributed by atoms with Crippen LogP contribution in [0.3, 0.4) is 0 Å². The Morgan fingerprint density at radius 3 is 2.26 bits per heavy atom. The summed E-state index contributed by atoms with van der Waals surface area (Å²) < 4.78 is 5.78. The van der Waals surface area contributed by atoms with Gasteiger partial charge in [0.25, 0.3) is 5.91 Å². The summed E-state index contributed by atoms with van der Waals surface area (Å²) in [5, 5.41) is 5.71. The number of hydrogen-bond donors (Lipinski definition) is 2. The zero-order valence-electron chi connectivity index (χ0n) is 16.0. The van der Waals surface area contributed by atoms with Crippen LogP contribution in [-0.2, 0) is 9.53 Å². The zero-order chi connectivity index (χ0) is 19.5. The van der Waals surface area contributed by atoms with Gasteiger partial charge in [-0.05, 0) is 38.0 Å². The average molecular weight is 368 g/mol. The van der Waals surface area contributed by atoms with Crippen LogP contribution in [-0.4, -0.2) is 31.0 Å². The van der Waals surface area contributed by atoms with Gasteiger partial charge < -0.3 is 15.4 Å². The molecule has 2 amide bonds. The predicted octanol–water partition coefficient (Wildman–Crippen LogP) is 3.48. The second-order valence-electron chi connectivity index (χ2n) is 6.57. The summed E-state index contributed by atoms with van der Waals surface area (Å²) in [4.78, 5) is 24.0. The first-order valence-corrected chi connectivity index (χ1v) is 9.35. The minimum absolute atomic E-state index is 0.0372. The van der Waals surface area contributed by atoms with Crippen molar-refractivity contribution in [2.45, 2.75) is 38.8 Å². The molecule has 5 nitrogen and oxygen atoms in total. The third-order valence-electron chi connectivity index (χ3n) is 4.19. The van der Waals surface area contributed by atoms with Crippen molar-refractivity contribution < 1.29 is 14.3 Å². The van der Waals surface area contributed by atoms with E-state index < -0.39 is 0 Å². The third kappa shape index (κ3) is 7.62. The molecule has 0 aliphatic rings. The standard InChI is InChI=1S/C22H28N2O3/c1-17(24-22(26)20-12-7-4-8-13-20)16-21(25)23-14-9-15-27-18(2)19-10-5-3-6-11-19/h3-8,10-13,17-18H,9,14-16H2,1-2H3,(H,23,25)(H,24,26). The smallest absolute Gasteiger partial charge is 0.251 e. The number of nitrogens with one attached hydrogen (secondary N) is 2. The summed E-state index contributed by atoms with van der Waals surface area (Å²) in [6.45, 7) is 4.98. The molecule has 2 aromatic carbocycles. The fourth-order valence-corrected chi connectivity index (χ4v) is 2.68. The van der Waals surface area contributed by atoms with Gasteiger partial charge in [0.1, 0.15) is 0 Å². The minimum atomic E-state index is -0.230. The molecule has 2 N–H and O–H groups in total. The topological polar surface area (TPSA) is 67.4 Å². The lowest BCUT2D eigenvalue weighted by Crippen LogP contribution is -2.37. The first kappa shape index (κ1) is 20.6. The van der Waals surface area contributed by atoms with Gasteiger partial charge in [-0.25, -0.2) is 0 Å². The molecule has 0 saturated carbocycles. The van der Waals surface area contributed by atoms with E-state index in [-0.39, 0.29) is 30.4 Å². The Morgan fingerprint density at radius 2 is 1.59 bits per heavy atom. The highest BCUT2D eigenvalue weighted by atomic mass is 16.5. The molecule has 0 fully saturated rings. The molecule has 144 valence electrons. The molecule has 27 heavy (non-hydrogen) atoms. The highest BCUT2D eigenvalue weighted by Gasteiger charge is 2.13. The fraction of sp³-hybridized carbons (Fsp3) is 0.364. The van der Waals surface area contributed by atoms with Crippen LogP contribution < -0.4 is 10.6 Å². The van der Waals surface area contributed by atoms with Crippen LogP contribution in [0.5, 0.6) is 0 Å². The lowest BCUT2D eigenvalue weighted by molar-refractivity contribution is -0.121.